The van der Waals surface area contributed by atoms with Gasteiger partial charge in [-0.1, -0.05) is 0 Å². The Labute approximate surface area is 155 Å². The maximum atomic E-state index is 5.86. The third-order valence-electron chi connectivity index (χ3n) is 5.39. The first-order chi connectivity index (χ1) is 12.7. The average Bonchev–Trinajstić information content (AvgIpc) is 2.67. The minimum absolute atomic E-state index is 0.981. The number of methoxy groups -OCH3 is 1. The van der Waals surface area contributed by atoms with Gasteiger partial charge in [-0.2, -0.15) is 5.10 Å². The van der Waals surface area contributed by atoms with Gasteiger partial charge in [0.1, 0.15) is 18.5 Å². The molecular weight excluding hydrogens is 324 g/mol. The van der Waals surface area contributed by atoms with E-state index in [2.05, 4.69) is 28.2 Å². The molecule has 2 aliphatic rings. The van der Waals surface area contributed by atoms with E-state index >= 15 is 0 Å². The van der Waals surface area contributed by atoms with Gasteiger partial charge in [-0.15, -0.1) is 0 Å². The molecule has 0 unspecified atom stereocenters. The Balaban J connectivity index is 1.70. The lowest BCUT2D eigenvalue weighted by atomic mass is 9.90. The highest BCUT2D eigenvalue weighted by atomic mass is 16.5. The Morgan fingerprint density at radius 1 is 1.19 bits per heavy atom. The highest BCUT2D eigenvalue weighted by molar-refractivity contribution is 5.81. The minimum atomic E-state index is 0.981. The van der Waals surface area contributed by atoms with Crippen LogP contribution >= 0.6 is 0 Å². The summed E-state index contributed by atoms with van der Waals surface area (Å²) in [6.45, 7) is 2.34. The molecule has 0 aliphatic carbocycles. The van der Waals surface area contributed by atoms with Crippen molar-refractivity contribution in [2.45, 2.75) is 25.7 Å². The van der Waals surface area contributed by atoms with Crippen molar-refractivity contribution in [3.8, 4) is 5.75 Å². The first-order valence-corrected chi connectivity index (χ1v) is 9.38. The van der Waals surface area contributed by atoms with E-state index in [1.54, 1.807) is 7.11 Å². The van der Waals surface area contributed by atoms with E-state index in [0.717, 1.165) is 29.8 Å². The Morgan fingerprint density at radius 2 is 1.92 bits per heavy atom. The number of anilines is 2. The van der Waals surface area contributed by atoms with E-state index in [0.29, 0.717) is 0 Å². The topological polar surface area (TPSA) is 31.9 Å². The molecular formula is C21H27N4O+. The molecule has 4 rings (SSSR count). The summed E-state index contributed by atoms with van der Waals surface area (Å²) < 4.78 is 7.88. The molecule has 2 aliphatic heterocycles. The fourth-order valence-corrected chi connectivity index (χ4v) is 4.10. The summed E-state index contributed by atoms with van der Waals surface area (Å²) in [5.74, 6) is 0.981. The standard InChI is InChI=1S/C21H27N4O/c1-23-12-8-16(9-13-23)15-22-24(2)19-14-17-6-4-10-25-11-5-7-18(20(17)25)21(19)26-3/h8-9,12-15H,4-7,10-11H2,1-3H3/q+1. The van der Waals surface area contributed by atoms with Crippen LogP contribution in [0.25, 0.3) is 0 Å². The zero-order valence-corrected chi connectivity index (χ0v) is 15.9. The van der Waals surface area contributed by atoms with Gasteiger partial charge in [-0.05, 0) is 37.3 Å². The van der Waals surface area contributed by atoms with Crippen molar-refractivity contribution >= 4 is 17.6 Å². The molecule has 136 valence electrons. The Kier molecular flexibility index (Phi) is 4.53. The van der Waals surface area contributed by atoms with Crippen LogP contribution in [-0.2, 0) is 19.9 Å². The molecule has 0 saturated carbocycles. The highest BCUT2D eigenvalue weighted by Crippen LogP contribution is 2.45. The second-order valence-corrected chi connectivity index (χ2v) is 7.17. The van der Waals surface area contributed by atoms with Crippen molar-refractivity contribution in [2.75, 3.05) is 37.2 Å². The maximum absolute atomic E-state index is 5.86. The molecule has 0 saturated heterocycles. The Hall–Kier alpha value is -2.56. The molecule has 0 atom stereocenters. The average molecular weight is 351 g/mol. The summed E-state index contributed by atoms with van der Waals surface area (Å²) in [6, 6.07) is 6.39. The van der Waals surface area contributed by atoms with E-state index in [1.807, 2.05) is 42.3 Å². The largest absolute Gasteiger partial charge is 0.494 e. The summed E-state index contributed by atoms with van der Waals surface area (Å²) in [4.78, 5) is 2.54. The lowest BCUT2D eigenvalue weighted by Gasteiger charge is -2.38. The van der Waals surface area contributed by atoms with Crippen molar-refractivity contribution in [3.63, 3.8) is 0 Å². The van der Waals surface area contributed by atoms with Gasteiger partial charge in [0.2, 0.25) is 0 Å². The first kappa shape index (κ1) is 16.9. The van der Waals surface area contributed by atoms with Crippen LogP contribution in [0, 0.1) is 0 Å². The van der Waals surface area contributed by atoms with Gasteiger partial charge < -0.3 is 9.64 Å². The summed E-state index contributed by atoms with van der Waals surface area (Å²) in [5, 5.41) is 6.61. The molecule has 1 aromatic carbocycles. The second kappa shape index (κ2) is 6.98. The smallest absolute Gasteiger partial charge is 0.169 e. The maximum Gasteiger partial charge on any atom is 0.169 e. The SMILES string of the molecule is COc1c(N(C)/N=C/c2cc[n+](C)cc2)cc2c3c1CCCN3CCC2. The predicted octanol–water partition coefficient (Wildman–Crippen LogP) is 2.69. The van der Waals surface area contributed by atoms with Crippen LogP contribution in [0.1, 0.15) is 29.5 Å². The summed E-state index contributed by atoms with van der Waals surface area (Å²) in [5.41, 5.74) is 6.37. The zero-order chi connectivity index (χ0) is 18.1. The van der Waals surface area contributed by atoms with Crippen LogP contribution in [0.2, 0.25) is 0 Å². The number of benzene rings is 1. The molecule has 5 heteroatoms. The molecule has 2 aromatic rings. The lowest BCUT2D eigenvalue weighted by Crippen LogP contribution is -2.35. The van der Waals surface area contributed by atoms with E-state index in [9.17, 15) is 0 Å². The van der Waals surface area contributed by atoms with Crippen molar-refractivity contribution < 1.29 is 9.30 Å². The number of hydrogen-bond donors (Lipinski definition) is 0. The number of rotatable bonds is 4. The van der Waals surface area contributed by atoms with Crippen LogP contribution in [0.3, 0.4) is 0 Å². The first-order valence-electron chi connectivity index (χ1n) is 9.38. The Bertz CT molecular complexity index is 827. The van der Waals surface area contributed by atoms with Crippen LogP contribution in [-0.4, -0.2) is 33.5 Å². The molecule has 0 amide bonds. The number of hydrogen-bond acceptors (Lipinski definition) is 4. The third kappa shape index (κ3) is 3.02. The molecule has 1 aromatic heterocycles. The predicted molar refractivity (Wildman–Crippen MR) is 105 cm³/mol. The van der Waals surface area contributed by atoms with Crippen LogP contribution < -0.4 is 19.2 Å². The number of hydrazone groups is 1. The molecule has 0 radical (unpaired) electrons. The third-order valence-corrected chi connectivity index (χ3v) is 5.39. The number of nitrogens with zero attached hydrogens (tertiary/aromatic N) is 4. The van der Waals surface area contributed by atoms with Crippen molar-refractivity contribution in [1.82, 2.24) is 0 Å². The van der Waals surface area contributed by atoms with E-state index in [-0.39, 0.29) is 0 Å². The van der Waals surface area contributed by atoms with Gasteiger partial charge in [-0.3, -0.25) is 5.01 Å². The number of pyridine rings is 1. The van der Waals surface area contributed by atoms with Crippen molar-refractivity contribution in [2.24, 2.45) is 12.1 Å². The second-order valence-electron chi connectivity index (χ2n) is 7.17. The normalized spacial score (nSPS) is 15.9. The number of ether oxygens (including phenoxy) is 1. The molecule has 0 spiro atoms. The van der Waals surface area contributed by atoms with E-state index < -0.39 is 0 Å². The van der Waals surface area contributed by atoms with Gasteiger partial charge in [0, 0.05) is 49.1 Å². The molecule has 26 heavy (non-hydrogen) atoms. The van der Waals surface area contributed by atoms with Crippen molar-refractivity contribution in [3.05, 3.63) is 47.3 Å². The molecule has 0 fully saturated rings. The minimum Gasteiger partial charge on any atom is -0.494 e. The summed E-state index contributed by atoms with van der Waals surface area (Å²) in [7, 11) is 5.79. The molecule has 5 nitrogen and oxygen atoms in total. The van der Waals surface area contributed by atoms with Gasteiger partial charge >= 0.3 is 0 Å². The Morgan fingerprint density at radius 3 is 2.65 bits per heavy atom. The van der Waals surface area contributed by atoms with Crippen LogP contribution in [0.15, 0.2) is 35.7 Å². The molecule has 3 heterocycles. The van der Waals surface area contributed by atoms with Crippen LogP contribution in [0.4, 0.5) is 11.4 Å². The zero-order valence-electron chi connectivity index (χ0n) is 15.9. The summed E-state index contributed by atoms with van der Waals surface area (Å²) >= 11 is 0. The summed E-state index contributed by atoms with van der Waals surface area (Å²) in [6.07, 6.45) is 10.6. The molecule has 0 bridgehead atoms. The fourth-order valence-electron chi connectivity index (χ4n) is 4.10. The fraction of sp³-hybridized carbons (Fsp3) is 0.429. The van der Waals surface area contributed by atoms with E-state index in [4.69, 9.17) is 4.74 Å². The van der Waals surface area contributed by atoms with Crippen LogP contribution in [0.5, 0.6) is 5.75 Å². The lowest BCUT2D eigenvalue weighted by molar-refractivity contribution is -0.671. The van der Waals surface area contributed by atoms with Gasteiger partial charge in [0.15, 0.2) is 12.4 Å². The van der Waals surface area contributed by atoms with Gasteiger partial charge in [0.05, 0.1) is 13.3 Å². The highest BCUT2D eigenvalue weighted by Gasteiger charge is 2.29. The number of aryl methyl sites for hydroxylation is 2. The molecule has 0 N–H and O–H groups in total. The van der Waals surface area contributed by atoms with E-state index in [1.165, 1.54) is 42.7 Å². The van der Waals surface area contributed by atoms with Gasteiger partial charge in [-0.25, -0.2) is 4.57 Å². The van der Waals surface area contributed by atoms with Gasteiger partial charge in [0.25, 0.3) is 0 Å². The quantitative estimate of drug-likeness (QED) is 0.482. The monoisotopic (exact) mass is 351 g/mol. The van der Waals surface area contributed by atoms with Crippen molar-refractivity contribution in [1.29, 1.82) is 0 Å². The number of aromatic nitrogens is 1.